The number of para-hydroxylation sites is 1. The molecule has 5 rings (SSSR count). The van der Waals surface area contributed by atoms with Crippen molar-refractivity contribution in [2.45, 2.75) is 19.3 Å². The maximum Gasteiger partial charge on any atom is 0.416 e. The second-order valence-corrected chi connectivity index (χ2v) is 10.5. The number of hydrogen-bond donors (Lipinski definition) is 0. The molecule has 0 aliphatic carbocycles. The van der Waals surface area contributed by atoms with Gasteiger partial charge in [-0.3, -0.25) is 9.59 Å². The molecule has 43 heavy (non-hydrogen) atoms. The maximum absolute atomic E-state index is 13.7. The quantitative estimate of drug-likeness (QED) is 0.219. The normalized spacial score (nSPS) is 14.2. The fraction of sp³-hybridized carbons (Fsp3) is 0.226. The summed E-state index contributed by atoms with van der Waals surface area (Å²) in [7, 11) is 0. The summed E-state index contributed by atoms with van der Waals surface area (Å²) in [5.74, 6) is -1.30. The summed E-state index contributed by atoms with van der Waals surface area (Å²) in [5.41, 5.74) is -0.575. The molecule has 12 heteroatoms. The van der Waals surface area contributed by atoms with Crippen molar-refractivity contribution >= 4 is 23.4 Å². The number of carbonyl (C=O) groups is 2. The number of rotatable bonds is 4. The van der Waals surface area contributed by atoms with Crippen LogP contribution in [0.15, 0.2) is 78.9 Å². The zero-order valence-corrected chi connectivity index (χ0v) is 23.4. The number of halogens is 7. The lowest BCUT2D eigenvalue weighted by Crippen LogP contribution is -2.50. The number of benzene rings is 3. The first kappa shape index (κ1) is 30.2. The van der Waals surface area contributed by atoms with E-state index >= 15 is 0 Å². The molecule has 0 bridgehead atoms. The van der Waals surface area contributed by atoms with Crippen molar-refractivity contribution in [1.82, 2.24) is 14.4 Å². The van der Waals surface area contributed by atoms with Gasteiger partial charge in [0.05, 0.1) is 33.1 Å². The SMILES string of the molecule is Cc1c(C(=O)N2CCN(C(=O)c3cc(C(F)(F)F)cc(C(F)(F)F)c3)CC2)cc(-c2ccccc2)n1-c1ccccc1Cl. The first-order valence-electron chi connectivity index (χ1n) is 13.2. The van der Waals surface area contributed by atoms with Crippen molar-refractivity contribution in [2.24, 2.45) is 0 Å². The third-order valence-corrected chi connectivity index (χ3v) is 7.65. The van der Waals surface area contributed by atoms with E-state index in [1.54, 1.807) is 25.1 Å². The highest BCUT2D eigenvalue weighted by Crippen LogP contribution is 2.37. The molecule has 1 aliphatic rings. The van der Waals surface area contributed by atoms with Crippen LogP contribution in [-0.2, 0) is 12.4 Å². The van der Waals surface area contributed by atoms with E-state index in [4.69, 9.17) is 11.6 Å². The molecule has 4 aromatic rings. The molecule has 0 spiro atoms. The first-order valence-corrected chi connectivity index (χ1v) is 13.5. The lowest BCUT2D eigenvalue weighted by atomic mass is 10.0. The number of alkyl halides is 6. The second-order valence-electron chi connectivity index (χ2n) is 10.1. The highest BCUT2D eigenvalue weighted by Gasteiger charge is 2.38. The number of hydrogen-bond acceptors (Lipinski definition) is 2. The average Bonchev–Trinajstić information content (AvgIpc) is 3.32. The van der Waals surface area contributed by atoms with Gasteiger partial charge in [-0.15, -0.1) is 0 Å². The summed E-state index contributed by atoms with van der Waals surface area (Å²) >= 11 is 6.51. The molecule has 0 saturated carbocycles. The highest BCUT2D eigenvalue weighted by molar-refractivity contribution is 6.32. The lowest BCUT2D eigenvalue weighted by molar-refractivity contribution is -0.143. The van der Waals surface area contributed by atoms with Crippen molar-refractivity contribution in [3.8, 4) is 16.9 Å². The maximum atomic E-state index is 13.7. The van der Waals surface area contributed by atoms with E-state index in [-0.39, 0.29) is 38.2 Å². The third kappa shape index (κ3) is 6.13. The zero-order chi connectivity index (χ0) is 31.1. The summed E-state index contributed by atoms with van der Waals surface area (Å²) < 4.78 is 81.7. The average molecular weight is 620 g/mol. The predicted octanol–water partition coefficient (Wildman–Crippen LogP) is 7.74. The van der Waals surface area contributed by atoms with Gasteiger partial charge in [-0.1, -0.05) is 54.1 Å². The Labute approximate surface area is 247 Å². The van der Waals surface area contributed by atoms with E-state index in [0.29, 0.717) is 34.1 Å². The van der Waals surface area contributed by atoms with Crippen LogP contribution in [0.2, 0.25) is 5.02 Å². The van der Waals surface area contributed by atoms with Crippen LogP contribution in [0.4, 0.5) is 26.3 Å². The molecule has 2 amide bonds. The molecule has 1 aliphatic heterocycles. The van der Waals surface area contributed by atoms with Gasteiger partial charge in [0, 0.05) is 37.4 Å². The topological polar surface area (TPSA) is 45.6 Å². The van der Waals surface area contributed by atoms with E-state index in [0.717, 1.165) is 16.2 Å². The number of carbonyl (C=O) groups excluding carboxylic acids is 2. The van der Waals surface area contributed by atoms with E-state index in [1.165, 1.54) is 4.90 Å². The predicted molar refractivity (Wildman–Crippen MR) is 149 cm³/mol. The van der Waals surface area contributed by atoms with Gasteiger partial charge in [-0.05, 0) is 48.9 Å². The zero-order valence-electron chi connectivity index (χ0n) is 22.6. The van der Waals surface area contributed by atoms with Crippen LogP contribution >= 0.6 is 11.6 Å². The van der Waals surface area contributed by atoms with Gasteiger partial charge in [-0.25, -0.2) is 0 Å². The number of aromatic nitrogens is 1. The number of nitrogens with zero attached hydrogens (tertiary/aromatic N) is 3. The molecule has 1 fully saturated rings. The third-order valence-electron chi connectivity index (χ3n) is 7.33. The highest BCUT2D eigenvalue weighted by atomic mass is 35.5. The summed E-state index contributed by atoms with van der Waals surface area (Å²) in [6.07, 6.45) is -10.1. The Morgan fingerprint density at radius 2 is 1.21 bits per heavy atom. The van der Waals surface area contributed by atoms with Gasteiger partial charge in [0.25, 0.3) is 11.8 Å². The molecule has 1 saturated heterocycles. The minimum atomic E-state index is -5.07. The van der Waals surface area contributed by atoms with Crippen LogP contribution in [0.5, 0.6) is 0 Å². The van der Waals surface area contributed by atoms with E-state index in [1.807, 2.05) is 47.0 Å². The molecular formula is C31H24ClF6N3O2. The molecule has 0 radical (unpaired) electrons. The summed E-state index contributed by atoms with van der Waals surface area (Å²) in [6, 6.07) is 19.2. The molecule has 0 N–H and O–H groups in total. The monoisotopic (exact) mass is 619 g/mol. The minimum Gasteiger partial charge on any atom is -0.335 e. The van der Waals surface area contributed by atoms with Crippen LogP contribution in [0.25, 0.3) is 16.9 Å². The van der Waals surface area contributed by atoms with Gasteiger partial charge in [0.2, 0.25) is 0 Å². The summed E-state index contributed by atoms with van der Waals surface area (Å²) in [5, 5.41) is 0.479. The van der Waals surface area contributed by atoms with Crippen LogP contribution in [0, 0.1) is 6.92 Å². The van der Waals surface area contributed by atoms with E-state index in [9.17, 15) is 35.9 Å². The molecule has 224 valence electrons. The Kier molecular flexibility index (Phi) is 8.04. The van der Waals surface area contributed by atoms with Crippen molar-refractivity contribution in [3.05, 3.63) is 112 Å². The Morgan fingerprint density at radius 3 is 1.74 bits per heavy atom. The van der Waals surface area contributed by atoms with Crippen molar-refractivity contribution in [1.29, 1.82) is 0 Å². The van der Waals surface area contributed by atoms with Crippen LogP contribution < -0.4 is 0 Å². The standard InChI is InChI=1S/C31H24ClF6N3O2/c1-19-24(18-27(20-7-3-2-4-8-20)41(19)26-10-6-5-9-25(26)32)29(43)40-13-11-39(12-14-40)28(42)21-15-22(30(33,34)35)17-23(16-21)31(36,37)38/h2-10,15-18H,11-14H2,1H3. The van der Waals surface area contributed by atoms with Crippen LogP contribution in [0.3, 0.4) is 0 Å². The second kappa shape index (κ2) is 11.4. The van der Waals surface area contributed by atoms with Crippen molar-refractivity contribution < 1.29 is 35.9 Å². The van der Waals surface area contributed by atoms with Crippen molar-refractivity contribution in [2.75, 3.05) is 26.2 Å². The lowest BCUT2D eigenvalue weighted by Gasteiger charge is -2.35. The van der Waals surface area contributed by atoms with Gasteiger partial charge < -0.3 is 14.4 Å². The fourth-order valence-electron chi connectivity index (χ4n) is 5.13. The van der Waals surface area contributed by atoms with Gasteiger partial charge in [-0.2, -0.15) is 26.3 Å². The van der Waals surface area contributed by atoms with Crippen LogP contribution in [0.1, 0.15) is 37.5 Å². The molecule has 0 atom stereocenters. The largest absolute Gasteiger partial charge is 0.416 e. The van der Waals surface area contributed by atoms with E-state index in [2.05, 4.69) is 0 Å². The smallest absolute Gasteiger partial charge is 0.335 e. The van der Waals surface area contributed by atoms with E-state index < -0.39 is 35.0 Å². The number of piperazine rings is 1. The minimum absolute atomic E-state index is 0.0197. The molecule has 1 aromatic heterocycles. The molecule has 5 nitrogen and oxygen atoms in total. The van der Waals surface area contributed by atoms with Gasteiger partial charge in [0.1, 0.15) is 0 Å². The molecule has 2 heterocycles. The molecule has 0 unspecified atom stereocenters. The van der Waals surface area contributed by atoms with Crippen molar-refractivity contribution in [3.63, 3.8) is 0 Å². The van der Waals surface area contributed by atoms with Crippen LogP contribution in [-0.4, -0.2) is 52.4 Å². The summed E-state index contributed by atoms with van der Waals surface area (Å²) in [4.78, 5) is 29.4. The summed E-state index contributed by atoms with van der Waals surface area (Å²) in [6.45, 7) is 1.71. The molecule has 3 aromatic carbocycles. The fourth-order valence-corrected chi connectivity index (χ4v) is 5.35. The Balaban J connectivity index is 1.40. The van der Waals surface area contributed by atoms with Gasteiger partial charge in [0.15, 0.2) is 0 Å². The Hall–Kier alpha value is -4.25. The Bertz CT molecular complexity index is 1640. The first-order chi connectivity index (χ1) is 20.3. The van der Waals surface area contributed by atoms with Gasteiger partial charge >= 0.3 is 12.4 Å². The molecular weight excluding hydrogens is 596 g/mol. The Morgan fingerprint density at radius 1 is 0.698 bits per heavy atom. The number of amides is 2.